The Morgan fingerprint density at radius 3 is 2.94 bits per heavy atom. The fourth-order valence-corrected chi connectivity index (χ4v) is 1.78. The van der Waals surface area contributed by atoms with Crippen molar-refractivity contribution in [2.75, 3.05) is 13.6 Å². The van der Waals surface area contributed by atoms with Gasteiger partial charge in [0.1, 0.15) is 5.75 Å². The van der Waals surface area contributed by atoms with Crippen molar-refractivity contribution in [1.29, 1.82) is 0 Å². The fourth-order valence-electron chi connectivity index (χ4n) is 1.58. The topological polar surface area (TPSA) is 58.0 Å². The van der Waals surface area contributed by atoms with Crippen molar-refractivity contribution >= 4 is 22.5 Å². The number of rotatable bonds is 3. The monoisotopic (exact) mass is 237 g/mol. The van der Waals surface area contributed by atoms with E-state index in [2.05, 4.69) is 15.3 Å². The number of aromatic nitrogens is 2. The van der Waals surface area contributed by atoms with E-state index in [1.165, 1.54) is 0 Å². The quantitative estimate of drug-likeness (QED) is 0.799. The van der Waals surface area contributed by atoms with Crippen LogP contribution >= 0.6 is 11.6 Å². The molecule has 4 nitrogen and oxygen atoms in total. The van der Waals surface area contributed by atoms with Crippen LogP contribution in [-0.4, -0.2) is 28.7 Å². The molecule has 0 spiro atoms. The van der Waals surface area contributed by atoms with Gasteiger partial charge in [0, 0.05) is 18.4 Å². The second-order valence-electron chi connectivity index (χ2n) is 3.49. The van der Waals surface area contributed by atoms with Crippen LogP contribution in [-0.2, 0) is 6.42 Å². The predicted octanol–water partition coefficient (Wildman–Crippen LogP) is 1.75. The lowest BCUT2D eigenvalue weighted by Gasteiger charge is -2.06. The smallest absolute Gasteiger partial charge is 0.223 e. The summed E-state index contributed by atoms with van der Waals surface area (Å²) >= 11 is 5.84. The van der Waals surface area contributed by atoms with Crippen molar-refractivity contribution in [3.63, 3.8) is 0 Å². The van der Waals surface area contributed by atoms with Crippen LogP contribution in [0, 0.1) is 0 Å². The van der Waals surface area contributed by atoms with Gasteiger partial charge >= 0.3 is 0 Å². The molecule has 0 aliphatic rings. The lowest BCUT2D eigenvalue weighted by molar-refractivity contribution is 0.476. The largest absolute Gasteiger partial charge is 0.508 e. The molecule has 2 N–H and O–H groups in total. The highest BCUT2D eigenvalue weighted by Gasteiger charge is 2.06. The van der Waals surface area contributed by atoms with Crippen molar-refractivity contribution in [3.8, 4) is 5.75 Å². The molecule has 0 unspecified atom stereocenters. The average molecular weight is 238 g/mol. The molecular weight excluding hydrogens is 226 g/mol. The number of hydrogen-bond acceptors (Lipinski definition) is 4. The van der Waals surface area contributed by atoms with Crippen LogP contribution in [0.2, 0.25) is 5.28 Å². The second-order valence-corrected chi connectivity index (χ2v) is 3.83. The number of likely N-dealkylation sites (N-methyl/N-ethyl adjacent to an activating group) is 1. The number of halogens is 1. The third-order valence-electron chi connectivity index (χ3n) is 2.34. The van der Waals surface area contributed by atoms with E-state index in [0.29, 0.717) is 0 Å². The first-order chi connectivity index (χ1) is 7.70. The fraction of sp³-hybridized carbons (Fsp3) is 0.273. The van der Waals surface area contributed by atoms with Gasteiger partial charge in [-0.25, -0.2) is 9.97 Å². The third-order valence-corrected chi connectivity index (χ3v) is 2.51. The molecule has 5 heteroatoms. The Kier molecular flexibility index (Phi) is 3.22. The molecule has 2 aromatic rings. The Bertz CT molecular complexity index is 516. The number of benzene rings is 1. The minimum Gasteiger partial charge on any atom is -0.508 e. The molecule has 0 atom stereocenters. The van der Waals surface area contributed by atoms with E-state index in [-0.39, 0.29) is 11.0 Å². The molecule has 16 heavy (non-hydrogen) atoms. The number of nitrogens with one attached hydrogen (secondary N) is 1. The molecular formula is C11H12ClN3O. The van der Waals surface area contributed by atoms with E-state index in [0.717, 1.165) is 29.6 Å². The van der Waals surface area contributed by atoms with Gasteiger partial charge in [0.15, 0.2) is 0 Å². The number of nitrogens with zero attached hydrogens (tertiary/aromatic N) is 2. The summed E-state index contributed by atoms with van der Waals surface area (Å²) in [6.07, 6.45) is 0.749. The lowest BCUT2D eigenvalue weighted by atomic mass is 10.1. The number of phenols is 1. The molecule has 2 rings (SSSR count). The average Bonchev–Trinajstić information content (AvgIpc) is 2.26. The van der Waals surface area contributed by atoms with E-state index in [4.69, 9.17) is 11.6 Å². The van der Waals surface area contributed by atoms with Gasteiger partial charge in [-0.3, -0.25) is 0 Å². The second kappa shape index (κ2) is 4.63. The number of aromatic hydroxyl groups is 1. The molecule has 0 bridgehead atoms. The Morgan fingerprint density at radius 2 is 2.19 bits per heavy atom. The van der Waals surface area contributed by atoms with E-state index >= 15 is 0 Å². The first kappa shape index (κ1) is 11.1. The summed E-state index contributed by atoms with van der Waals surface area (Å²) in [5, 5.41) is 13.6. The van der Waals surface area contributed by atoms with Crippen LogP contribution in [0.25, 0.3) is 10.9 Å². The molecule has 0 aliphatic carbocycles. The molecule has 84 valence electrons. The molecule has 1 heterocycles. The van der Waals surface area contributed by atoms with Gasteiger partial charge < -0.3 is 10.4 Å². The maximum absolute atomic E-state index is 9.45. The standard InChI is InChI=1S/C11H12ClN3O/c1-13-5-4-10-8-6-7(16)2-3-9(8)14-11(12)15-10/h2-3,6,13,16H,4-5H2,1H3. The van der Waals surface area contributed by atoms with Gasteiger partial charge in [-0.1, -0.05) is 0 Å². The van der Waals surface area contributed by atoms with E-state index in [9.17, 15) is 5.11 Å². The molecule has 0 radical (unpaired) electrons. The van der Waals surface area contributed by atoms with Crippen LogP contribution in [0.4, 0.5) is 0 Å². The Balaban J connectivity index is 2.55. The van der Waals surface area contributed by atoms with Gasteiger partial charge in [-0.2, -0.15) is 0 Å². The van der Waals surface area contributed by atoms with Crippen molar-refractivity contribution in [2.45, 2.75) is 6.42 Å². The highest BCUT2D eigenvalue weighted by atomic mass is 35.5. The normalized spacial score (nSPS) is 10.9. The van der Waals surface area contributed by atoms with E-state index < -0.39 is 0 Å². The third kappa shape index (κ3) is 2.23. The molecule has 0 saturated heterocycles. The predicted molar refractivity (Wildman–Crippen MR) is 63.8 cm³/mol. The molecule has 0 fully saturated rings. The van der Waals surface area contributed by atoms with Crippen molar-refractivity contribution < 1.29 is 5.11 Å². The first-order valence-corrected chi connectivity index (χ1v) is 5.38. The molecule has 0 amide bonds. The van der Waals surface area contributed by atoms with Gasteiger partial charge in [0.2, 0.25) is 5.28 Å². The number of phenolic OH excluding ortho intramolecular Hbond substituents is 1. The molecule has 0 aliphatic heterocycles. The summed E-state index contributed by atoms with van der Waals surface area (Å²) in [6.45, 7) is 0.804. The summed E-state index contributed by atoms with van der Waals surface area (Å²) in [7, 11) is 1.88. The van der Waals surface area contributed by atoms with Crippen LogP contribution in [0.15, 0.2) is 18.2 Å². The summed E-state index contributed by atoms with van der Waals surface area (Å²) in [4.78, 5) is 8.29. The molecule has 0 saturated carbocycles. The zero-order valence-electron chi connectivity index (χ0n) is 8.87. The number of hydrogen-bond donors (Lipinski definition) is 2. The molecule has 1 aromatic heterocycles. The Hall–Kier alpha value is -1.39. The first-order valence-electron chi connectivity index (χ1n) is 5.00. The van der Waals surface area contributed by atoms with Crippen LogP contribution in [0.1, 0.15) is 5.69 Å². The highest BCUT2D eigenvalue weighted by molar-refractivity contribution is 6.28. The SMILES string of the molecule is CNCCc1nc(Cl)nc2ccc(O)cc12. The van der Waals surface area contributed by atoms with Gasteiger partial charge in [-0.05, 0) is 36.8 Å². The maximum atomic E-state index is 9.45. The highest BCUT2D eigenvalue weighted by Crippen LogP contribution is 2.22. The van der Waals surface area contributed by atoms with Crippen LogP contribution in [0.5, 0.6) is 5.75 Å². The number of fused-ring (bicyclic) bond motifs is 1. The molecule has 1 aromatic carbocycles. The van der Waals surface area contributed by atoms with Crippen molar-refractivity contribution in [2.24, 2.45) is 0 Å². The zero-order valence-corrected chi connectivity index (χ0v) is 9.62. The van der Waals surface area contributed by atoms with Gasteiger partial charge in [0.25, 0.3) is 0 Å². The Labute approximate surface area is 98.3 Å². The minimum atomic E-state index is 0.212. The van der Waals surface area contributed by atoms with E-state index in [1.54, 1.807) is 18.2 Å². The van der Waals surface area contributed by atoms with Crippen molar-refractivity contribution in [1.82, 2.24) is 15.3 Å². The van der Waals surface area contributed by atoms with Crippen LogP contribution in [0.3, 0.4) is 0 Å². The summed E-state index contributed by atoms with van der Waals surface area (Å²) in [5.74, 6) is 0.212. The summed E-state index contributed by atoms with van der Waals surface area (Å²) in [5.41, 5.74) is 1.60. The zero-order chi connectivity index (χ0) is 11.5. The maximum Gasteiger partial charge on any atom is 0.223 e. The summed E-state index contributed by atoms with van der Waals surface area (Å²) in [6, 6.07) is 4.99. The van der Waals surface area contributed by atoms with Crippen LogP contribution < -0.4 is 5.32 Å². The minimum absolute atomic E-state index is 0.212. The van der Waals surface area contributed by atoms with Gasteiger partial charge in [0.05, 0.1) is 11.2 Å². The van der Waals surface area contributed by atoms with Crippen molar-refractivity contribution in [3.05, 3.63) is 29.2 Å². The van der Waals surface area contributed by atoms with E-state index in [1.807, 2.05) is 7.05 Å². The van der Waals surface area contributed by atoms with Gasteiger partial charge in [-0.15, -0.1) is 0 Å². The summed E-state index contributed by atoms with van der Waals surface area (Å²) < 4.78 is 0. The Morgan fingerprint density at radius 1 is 1.38 bits per heavy atom. The lowest BCUT2D eigenvalue weighted by Crippen LogP contribution is -2.11.